The number of esters is 1. The average Bonchev–Trinajstić information content (AvgIpc) is 2.63. The highest BCUT2D eigenvalue weighted by molar-refractivity contribution is 5.95. The minimum absolute atomic E-state index is 0.0166. The summed E-state index contributed by atoms with van der Waals surface area (Å²) in [6.45, 7) is 7.08. The lowest BCUT2D eigenvalue weighted by Crippen LogP contribution is -2.39. The third-order valence-corrected chi connectivity index (χ3v) is 2.77. The van der Waals surface area contributed by atoms with Crippen LogP contribution in [0, 0.1) is 0 Å². The molecule has 1 atom stereocenters. The monoisotopic (exact) mass is 282 g/mol. The lowest BCUT2D eigenvalue weighted by molar-refractivity contribution is -0.129. The van der Waals surface area contributed by atoms with Crippen LogP contribution in [0.15, 0.2) is 0 Å². The molecule has 1 aromatic heterocycles. The van der Waals surface area contributed by atoms with Gasteiger partial charge in [-0.15, -0.1) is 0 Å². The van der Waals surface area contributed by atoms with Crippen molar-refractivity contribution in [1.29, 1.82) is 0 Å². The molecule has 20 heavy (non-hydrogen) atoms. The number of carbonyl (C=O) groups excluding carboxylic acids is 2. The fourth-order valence-electron chi connectivity index (χ4n) is 1.77. The first-order valence-electron chi connectivity index (χ1n) is 6.60. The maximum atomic E-state index is 12.1. The van der Waals surface area contributed by atoms with Crippen LogP contribution < -0.4 is 11.1 Å². The Labute approximate surface area is 118 Å². The predicted molar refractivity (Wildman–Crippen MR) is 75.2 cm³/mol. The predicted octanol–water partition coefficient (Wildman–Crippen LogP) is 0.635. The van der Waals surface area contributed by atoms with Gasteiger partial charge in [-0.2, -0.15) is 5.10 Å². The summed E-state index contributed by atoms with van der Waals surface area (Å²) in [5, 5.41) is 6.82. The summed E-state index contributed by atoms with van der Waals surface area (Å²) in [7, 11) is 1.62. The molecule has 0 aliphatic carbocycles. The molecule has 0 aliphatic rings. The Bertz CT molecular complexity index is 508. The highest BCUT2D eigenvalue weighted by atomic mass is 16.5. The molecule has 1 rings (SSSR count). The van der Waals surface area contributed by atoms with E-state index < -0.39 is 12.1 Å². The number of rotatable bonds is 5. The molecule has 0 spiro atoms. The van der Waals surface area contributed by atoms with E-state index in [0.717, 1.165) is 0 Å². The molecule has 1 amide bonds. The second kappa shape index (κ2) is 6.40. The van der Waals surface area contributed by atoms with Gasteiger partial charge in [-0.1, -0.05) is 6.92 Å². The number of aryl methyl sites for hydroxylation is 2. The molecule has 7 nitrogen and oxygen atoms in total. The standard InChI is InChI=1S/C13H22N4O3/c1-6-9-10(14)11(17(5)16-9)13(19)20-8(4)12(18)15-7(2)3/h7-8H,6,14H2,1-5H3,(H,15,18). The number of hydrogen-bond acceptors (Lipinski definition) is 5. The second-order valence-corrected chi connectivity index (χ2v) is 4.90. The van der Waals surface area contributed by atoms with Gasteiger partial charge in [0.25, 0.3) is 5.91 Å². The van der Waals surface area contributed by atoms with Crippen LogP contribution in [0.1, 0.15) is 43.9 Å². The van der Waals surface area contributed by atoms with E-state index in [2.05, 4.69) is 10.4 Å². The molecule has 0 fully saturated rings. The molecule has 1 heterocycles. The first-order chi connectivity index (χ1) is 9.27. The van der Waals surface area contributed by atoms with Crippen LogP contribution in [-0.4, -0.2) is 33.8 Å². The minimum atomic E-state index is -0.885. The molecular weight excluding hydrogens is 260 g/mol. The molecule has 0 radical (unpaired) electrons. The topological polar surface area (TPSA) is 99.2 Å². The van der Waals surface area contributed by atoms with Gasteiger partial charge in [-0.3, -0.25) is 9.48 Å². The van der Waals surface area contributed by atoms with Gasteiger partial charge in [-0.25, -0.2) is 4.79 Å². The molecule has 7 heteroatoms. The lowest BCUT2D eigenvalue weighted by atomic mass is 10.2. The molecule has 3 N–H and O–H groups in total. The van der Waals surface area contributed by atoms with Gasteiger partial charge in [0, 0.05) is 13.1 Å². The van der Waals surface area contributed by atoms with Crippen LogP contribution >= 0.6 is 0 Å². The smallest absolute Gasteiger partial charge is 0.359 e. The number of nitrogen functional groups attached to an aromatic ring is 1. The van der Waals surface area contributed by atoms with E-state index in [0.29, 0.717) is 17.8 Å². The normalized spacial score (nSPS) is 12.3. The van der Waals surface area contributed by atoms with Gasteiger partial charge in [0.2, 0.25) is 0 Å². The van der Waals surface area contributed by atoms with Crippen molar-refractivity contribution in [2.45, 2.75) is 46.3 Å². The zero-order chi connectivity index (χ0) is 15.4. The van der Waals surface area contributed by atoms with Crippen LogP contribution in [0.2, 0.25) is 0 Å². The number of nitrogens with zero attached hydrogens (tertiary/aromatic N) is 2. The molecule has 0 saturated heterocycles. The van der Waals surface area contributed by atoms with Crippen LogP contribution in [0.3, 0.4) is 0 Å². The summed E-state index contributed by atoms with van der Waals surface area (Å²) in [4.78, 5) is 23.8. The fourth-order valence-corrected chi connectivity index (χ4v) is 1.77. The maximum absolute atomic E-state index is 12.1. The van der Waals surface area contributed by atoms with Gasteiger partial charge >= 0.3 is 5.97 Å². The number of carbonyl (C=O) groups is 2. The summed E-state index contributed by atoms with van der Waals surface area (Å²) in [5.74, 6) is -0.992. The average molecular weight is 282 g/mol. The first kappa shape index (κ1) is 16.0. The Morgan fingerprint density at radius 1 is 1.40 bits per heavy atom. The van der Waals surface area contributed by atoms with Crippen molar-refractivity contribution in [1.82, 2.24) is 15.1 Å². The summed E-state index contributed by atoms with van der Waals surface area (Å²) in [6.07, 6.45) is -0.264. The van der Waals surface area contributed by atoms with Gasteiger partial charge in [-0.05, 0) is 27.2 Å². The highest BCUT2D eigenvalue weighted by Crippen LogP contribution is 2.18. The van der Waals surface area contributed by atoms with Crippen LogP contribution in [0.4, 0.5) is 5.69 Å². The van der Waals surface area contributed by atoms with Crippen LogP contribution in [-0.2, 0) is 23.0 Å². The number of nitrogens with two attached hydrogens (primary N) is 1. The summed E-state index contributed by atoms with van der Waals surface area (Å²) in [6, 6.07) is -0.0166. The van der Waals surface area contributed by atoms with E-state index in [1.54, 1.807) is 7.05 Å². The highest BCUT2D eigenvalue weighted by Gasteiger charge is 2.25. The summed E-state index contributed by atoms with van der Waals surface area (Å²) >= 11 is 0. The zero-order valence-corrected chi connectivity index (χ0v) is 12.6. The van der Waals surface area contributed by atoms with E-state index >= 15 is 0 Å². The molecule has 1 aromatic rings. The molecule has 0 aromatic carbocycles. The Hall–Kier alpha value is -2.05. The van der Waals surface area contributed by atoms with E-state index in [9.17, 15) is 9.59 Å². The van der Waals surface area contributed by atoms with Crippen molar-refractivity contribution in [2.75, 3.05) is 5.73 Å². The number of hydrogen-bond donors (Lipinski definition) is 2. The SMILES string of the molecule is CCc1nn(C)c(C(=O)OC(C)C(=O)NC(C)C)c1N. The van der Waals surface area contributed by atoms with Crippen molar-refractivity contribution in [2.24, 2.45) is 7.05 Å². The minimum Gasteiger partial charge on any atom is -0.448 e. The number of nitrogens with one attached hydrogen (secondary N) is 1. The van der Waals surface area contributed by atoms with Crippen LogP contribution in [0.25, 0.3) is 0 Å². The number of amides is 1. The third-order valence-electron chi connectivity index (χ3n) is 2.77. The van der Waals surface area contributed by atoms with Crippen molar-refractivity contribution >= 4 is 17.6 Å². The van der Waals surface area contributed by atoms with E-state index in [1.165, 1.54) is 11.6 Å². The number of anilines is 1. The second-order valence-electron chi connectivity index (χ2n) is 4.90. The molecule has 112 valence electrons. The van der Waals surface area contributed by atoms with Gasteiger partial charge < -0.3 is 15.8 Å². The van der Waals surface area contributed by atoms with Crippen molar-refractivity contribution < 1.29 is 14.3 Å². The van der Waals surface area contributed by atoms with E-state index in [4.69, 9.17) is 10.5 Å². The summed E-state index contributed by atoms with van der Waals surface area (Å²) < 4.78 is 6.51. The Morgan fingerprint density at radius 2 is 2.00 bits per heavy atom. The van der Waals surface area contributed by atoms with Gasteiger partial charge in [0.15, 0.2) is 11.8 Å². The molecule has 1 unspecified atom stereocenters. The van der Waals surface area contributed by atoms with E-state index in [-0.39, 0.29) is 17.6 Å². The third kappa shape index (κ3) is 3.49. The Kier molecular flexibility index (Phi) is 5.12. The largest absolute Gasteiger partial charge is 0.448 e. The molecule has 0 bridgehead atoms. The molecular formula is C13H22N4O3. The quantitative estimate of drug-likeness (QED) is 0.772. The van der Waals surface area contributed by atoms with E-state index in [1.807, 2.05) is 20.8 Å². The van der Waals surface area contributed by atoms with Crippen molar-refractivity contribution in [3.8, 4) is 0 Å². The first-order valence-corrected chi connectivity index (χ1v) is 6.60. The van der Waals surface area contributed by atoms with Gasteiger partial charge in [0.05, 0.1) is 11.4 Å². The Morgan fingerprint density at radius 3 is 2.45 bits per heavy atom. The number of aromatic nitrogens is 2. The molecule has 0 aliphatic heterocycles. The maximum Gasteiger partial charge on any atom is 0.359 e. The number of ether oxygens (including phenoxy) is 1. The van der Waals surface area contributed by atoms with Crippen molar-refractivity contribution in [3.63, 3.8) is 0 Å². The van der Waals surface area contributed by atoms with Gasteiger partial charge in [0.1, 0.15) is 0 Å². The zero-order valence-electron chi connectivity index (χ0n) is 12.6. The fraction of sp³-hybridized carbons (Fsp3) is 0.615. The summed E-state index contributed by atoms with van der Waals surface area (Å²) in [5.41, 5.74) is 6.98. The van der Waals surface area contributed by atoms with Crippen molar-refractivity contribution in [3.05, 3.63) is 11.4 Å². The van der Waals surface area contributed by atoms with Crippen LogP contribution in [0.5, 0.6) is 0 Å². The Balaban J connectivity index is 2.82. The molecule has 0 saturated carbocycles. The lowest BCUT2D eigenvalue weighted by Gasteiger charge is -2.15.